The summed E-state index contributed by atoms with van der Waals surface area (Å²) in [6, 6.07) is -3.58. The Balaban J connectivity index is 2.35. The van der Waals surface area contributed by atoms with Crippen molar-refractivity contribution in [2.45, 2.75) is 162 Å². The Labute approximate surface area is 439 Å². The fraction of sp³-hybridized carbons (Fsp3) is 0.660. The number of halogens is 1. The molecule has 2 rings (SSSR count). The van der Waals surface area contributed by atoms with E-state index < -0.39 is 120 Å². The lowest BCUT2D eigenvalue weighted by molar-refractivity contribution is -0.142. The first-order valence-corrected chi connectivity index (χ1v) is 25.7. The molecule has 0 aromatic heterocycles. The number of aliphatic hydroxyl groups excluding tert-OH is 1. The van der Waals surface area contributed by atoms with Crippen molar-refractivity contribution < 1.29 is 57.4 Å². The first kappa shape index (κ1) is 64.2. The topological polar surface area (TPSA) is 358 Å². The van der Waals surface area contributed by atoms with E-state index in [1.165, 1.54) is 44.0 Å². The Morgan fingerprint density at radius 1 is 0.760 bits per heavy atom. The summed E-state index contributed by atoms with van der Waals surface area (Å²) in [6.45, 7) is 12.8. The molecule has 1 saturated heterocycles. The van der Waals surface area contributed by atoms with Gasteiger partial charge in [0.15, 0.2) is 5.96 Å². The molecule has 10 amide bonds. The molecule has 1 unspecified atom stereocenters. The van der Waals surface area contributed by atoms with E-state index in [2.05, 4.69) is 47.5 Å². The lowest BCUT2D eigenvalue weighted by Crippen LogP contribution is -2.63. The van der Waals surface area contributed by atoms with Gasteiger partial charge in [-0.1, -0.05) is 66.0 Å². The summed E-state index contributed by atoms with van der Waals surface area (Å²) in [7, 11) is 1.39. The van der Waals surface area contributed by atoms with Crippen LogP contribution in [0, 0.1) is 17.7 Å². The summed E-state index contributed by atoms with van der Waals surface area (Å²) in [5.41, 5.74) is 11.3. The van der Waals surface area contributed by atoms with E-state index in [0.29, 0.717) is 44.2 Å². The minimum Gasteiger partial charge on any atom is -0.391 e. The normalized spacial score (nSPS) is 16.6. The fourth-order valence-corrected chi connectivity index (χ4v) is 8.11. The van der Waals surface area contributed by atoms with Gasteiger partial charge in [-0.25, -0.2) is 4.39 Å². The molecule has 1 aliphatic heterocycles. The number of likely N-dealkylation sites (tertiary alicyclic amines) is 1. The van der Waals surface area contributed by atoms with Gasteiger partial charge < -0.3 is 68.9 Å². The number of hydrogen-bond acceptors (Lipinski definition) is 12. The molecule has 75 heavy (non-hydrogen) atoms. The average molecular weight is 1060 g/mol. The summed E-state index contributed by atoms with van der Waals surface area (Å²) in [6.07, 6.45) is 0.719. The Morgan fingerprint density at radius 2 is 1.33 bits per heavy atom. The number of carbonyl (C=O) groups excluding carboxylic acids is 10. The molecule has 13 N–H and O–H groups in total. The number of nitrogens with one attached hydrogen (secondary N) is 8. The van der Waals surface area contributed by atoms with Gasteiger partial charge in [-0.3, -0.25) is 52.9 Å². The highest BCUT2D eigenvalue weighted by atomic mass is 19.1. The predicted octanol–water partition coefficient (Wildman–Crippen LogP) is -1.67. The zero-order valence-corrected chi connectivity index (χ0v) is 44.9. The Bertz CT molecular complexity index is 2160. The Hall–Kier alpha value is -6.92. The van der Waals surface area contributed by atoms with Crippen molar-refractivity contribution in [1.82, 2.24) is 52.3 Å². The SMILES string of the molecule is CCC[C@H](NC(=O)[C@@H](NC(=O)[C@H](NC(=O)[C@H](Cc1cccc(F)c1)NC(=O)CNC(=O)CN(C)C(C)=O)C(C)CC)[C@@H](C)O)C(=O)N[C@H](C(=O)N[C@@H](CCCN=C(N)N)C(=O)N1CCC[C@H]1C(=O)NCC)[C@@H](C)CC. The third-order valence-corrected chi connectivity index (χ3v) is 13.0. The summed E-state index contributed by atoms with van der Waals surface area (Å²) in [4.78, 5) is 141. The quantitative estimate of drug-likeness (QED) is 0.0225. The first-order valence-electron chi connectivity index (χ1n) is 25.7. The zero-order chi connectivity index (χ0) is 56.5. The maximum absolute atomic E-state index is 14.3. The average Bonchev–Trinajstić information content (AvgIpc) is 3.86. The molecule has 24 nitrogen and oxygen atoms in total. The van der Waals surface area contributed by atoms with E-state index in [1.807, 2.05) is 0 Å². The van der Waals surface area contributed by atoms with Crippen LogP contribution in [0.15, 0.2) is 29.3 Å². The third kappa shape index (κ3) is 21.5. The van der Waals surface area contributed by atoms with E-state index in [-0.39, 0.29) is 63.1 Å². The van der Waals surface area contributed by atoms with Crippen molar-refractivity contribution in [2.75, 3.05) is 39.8 Å². The number of hydrogen-bond donors (Lipinski definition) is 11. The van der Waals surface area contributed by atoms with Crippen molar-refractivity contribution >= 4 is 65.0 Å². The van der Waals surface area contributed by atoms with Crippen LogP contribution in [-0.2, 0) is 54.4 Å². The molecule has 0 saturated carbocycles. The fourth-order valence-electron chi connectivity index (χ4n) is 8.11. The lowest BCUT2D eigenvalue weighted by Gasteiger charge is -2.32. The molecule has 1 fully saturated rings. The summed E-state index contributed by atoms with van der Waals surface area (Å²) in [5.74, 6) is -8.76. The minimum absolute atomic E-state index is 0.0537. The maximum atomic E-state index is 14.3. The van der Waals surface area contributed by atoms with Crippen LogP contribution in [0.1, 0.15) is 112 Å². The Morgan fingerprint density at radius 3 is 1.88 bits per heavy atom. The van der Waals surface area contributed by atoms with Crippen molar-refractivity contribution in [3.63, 3.8) is 0 Å². The number of likely N-dealkylation sites (N-methyl/N-ethyl adjacent to an activating group) is 2. The number of amides is 10. The van der Waals surface area contributed by atoms with Crippen LogP contribution < -0.4 is 54.0 Å². The summed E-state index contributed by atoms with van der Waals surface area (Å²) < 4.78 is 14.3. The van der Waals surface area contributed by atoms with Crippen molar-refractivity contribution in [1.29, 1.82) is 0 Å². The van der Waals surface area contributed by atoms with Gasteiger partial charge in [-0.15, -0.1) is 0 Å². The van der Waals surface area contributed by atoms with E-state index >= 15 is 0 Å². The molecule has 0 radical (unpaired) electrons. The van der Waals surface area contributed by atoms with E-state index in [1.54, 1.807) is 41.5 Å². The highest BCUT2D eigenvalue weighted by molar-refractivity contribution is 5.98. The molecule has 1 heterocycles. The number of guanidine groups is 1. The number of aliphatic hydroxyl groups is 1. The smallest absolute Gasteiger partial charge is 0.245 e. The van der Waals surface area contributed by atoms with Gasteiger partial charge in [0.05, 0.1) is 19.2 Å². The number of aliphatic imine (C=N–C) groups is 1. The second kappa shape index (κ2) is 32.4. The highest BCUT2D eigenvalue weighted by Crippen LogP contribution is 2.21. The molecule has 420 valence electrons. The first-order chi connectivity index (χ1) is 35.4. The van der Waals surface area contributed by atoms with E-state index in [4.69, 9.17) is 11.5 Å². The molecule has 0 bridgehead atoms. The van der Waals surface area contributed by atoms with E-state index in [0.717, 1.165) is 11.0 Å². The van der Waals surface area contributed by atoms with Crippen molar-refractivity contribution in [2.24, 2.45) is 28.3 Å². The second-order valence-electron chi connectivity index (χ2n) is 19.0. The number of benzene rings is 1. The van der Waals surface area contributed by atoms with Crippen LogP contribution in [0.3, 0.4) is 0 Å². The van der Waals surface area contributed by atoms with Crippen LogP contribution in [0.5, 0.6) is 0 Å². The second-order valence-corrected chi connectivity index (χ2v) is 19.0. The number of carbonyl (C=O) groups is 10. The largest absolute Gasteiger partial charge is 0.391 e. The third-order valence-electron chi connectivity index (χ3n) is 13.0. The van der Waals surface area contributed by atoms with Gasteiger partial charge >= 0.3 is 0 Å². The van der Waals surface area contributed by atoms with Crippen molar-refractivity contribution in [3.8, 4) is 0 Å². The van der Waals surface area contributed by atoms with Gasteiger partial charge in [-0.05, 0) is 75.5 Å². The van der Waals surface area contributed by atoms with Crippen LogP contribution in [0.25, 0.3) is 0 Å². The van der Waals surface area contributed by atoms with Gasteiger partial charge in [-0.2, -0.15) is 0 Å². The van der Waals surface area contributed by atoms with Gasteiger partial charge in [0.1, 0.15) is 48.1 Å². The van der Waals surface area contributed by atoms with Gasteiger partial charge in [0.2, 0.25) is 59.1 Å². The molecule has 1 aliphatic rings. The number of nitrogens with two attached hydrogens (primary N) is 2. The molecule has 25 heteroatoms. The number of rotatable bonds is 31. The van der Waals surface area contributed by atoms with Gasteiger partial charge in [0.25, 0.3) is 0 Å². The number of nitrogens with zero attached hydrogens (tertiary/aromatic N) is 3. The van der Waals surface area contributed by atoms with Crippen LogP contribution >= 0.6 is 0 Å². The lowest BCUT2D eigenvalue weighted by atomic mass is 9.96. The Kier molecular flexibility index (Phi) is 27.7. The monoisotopic (exact) mass is 1060 g/mol. The summed E-state index contributed by atoms with van der Waals surface area (Å²) >= 11 is 0. The zero-order valence-electron chi connectivity index (χ0n) is 44.9. The summed E-state index contributed by atoms with van der Waals surface area (Å²) in [5, 5.41) is 31.8. The predicted molar refractivity (Wildman–Crippen MR) is 277 cm³/mol. The van der Waals surface area contributed by atoms with Crippen LogP contribution in [0.4, 0.5) is 4.39 Å². The molecule has 1 aromatic rings. The molecule has 1 aromatic carbocycles. The van der Waals surface area contributed by atoms with E-state index in [9.17, 15) is 57.4 Å². The van der Waals surface area contributed by atoms with Crippen LogP contribution in [0.2, 0.25) is 0 Å². The highest BCUT2D eigenvalue weighted by Gasteiger charge is 2.40. The molecular weight excluding hydrogens is 978 g/mol. The minimum atomic E-state index is -1.69. The molecule has 0 spiro atoms. The maximum Gasteiger partial charge on any atom is 0.245 e. The van der Waals surface area contributed by atoms with Gasteiger partial charge in [0, 0.05) is 40.0 Å². The van der Waals surface area contributed by atoms with Crippen LogP contribution in [-0.4, -0.2) is 168 Å². The van der Waals surface area contributed by atoms with Crippen molar-refractivity contribution in [3.05, 3.63) is 35.6 Å². The standard InChI is InChI=1S/C50H82FN13O11/c1-10-17-34(43(69)60-40(28(5)11-2)46(72)59-35(20-15-22-55-50(52)53)49(75)64-23-16-21-37(64)45(71)54-13-4)58-48(74)42(30(7)65)62-47(73)41(29(6)12-3)61-44(70)36(25-32-18-14-19-33(51)24-32)57-38(67)26-56-39(68)27-63(9)31(8)66/h14,18-19,24,28-30,34-37,40-42,65H,10-13,15-17,20-23,25-27H2,1-9H3,(H,54,71)(H,56,68)(H,57,67)(H,58,74)(H,59,72)(H,60,69)(H,61,70)(H,62,73)(H4,52,53,55)/t28-,29?,30+,34-,35-,36-,37-,40-,41+,42-/m0/s1. The molecule has 10 atom stereocenters. The molecular formula is C50H82FN13O11. The molecule has 0 aliphatic carbocycles.